The molecule has 1 aliphatic heterocycles. The van der Waals surface area contributed by atoms with E-state index in [1.54, 1.807) is 0 Å². The molecular formula is C15H29N3O2. The zero-order chi connectivity index (χ0) is 14.8. The molecule has 116 valence electrons. The summed E-state index contributed by atoms with van der Waals surface area (Å²) in [7, 11) is 3.61. The molecule has 5 nitrogen and oxygen atoms in total. The standard InChI is InChI=1S/C15H29N3O2/c1-4-13-10-17(2)8-5-9-18(13)11-15(16,12-6-7-12)14(19)20-3/h12-13H,4-11,16H2,1-3H3. The molecule has 2 fully saturated rings. The van der Waals surface area contributed by atoms with Crippen molar-refractivity contribution in [2.75, 3.05) is 40.3 Å². The summed E-state index contributed by atoms with van der Waals surface area (Å²) >= 11 is 0. The van der Waals surface area contributed by atoms with E-state index in [2.05, 4.69) is 23.8 Å². The minimum absolute atomic E-state index is 0.243. The van der Waals surface area contributed by atoms with E-state index in [4.69, 9.17) is 10.5 Å². The first-order chi connectivity index (χ1) is 9.51. The van der Waals surface area contributed by atoms with Gasteiger partial charge < -0.3 is 15.4 Å². The Bertz CT molecular complexity index is 346. The third-order valence-electron chi connectivity index (χ3n) is 4.83. The van der Waals surface area contributed by atoms with Gasteiger partial charge in [0.2, 0.25) is 0 Å². The van der Waals surface area contributed by atoms with Crippen molar-refractivity contribution >= 4 is 5.97 Å². The van der Waals surface area contributed by atoms with E-state index < -0.39 is 5.54 Å². The van der Waals surface area contributed by atoms with Gasteiger partial charge in [0.15, 0.2) is 0 Å². The summed E-state index contributed by atoms with van der Waals surface area (Å²) in [6, 6.07) is 0.480. The summed E-state index contributed by atoms with van der Waals surface area (Å²) in [5, 5.41) is 0. The van der Waals surface area contributed by atoms with Crippen LogP contribution >= 0.6 is 0 Å². The highest BCUT2D eigenvalue weighted by Gasteiger charge is 2.50. The van der Waals surface area contributed by atoms with E-state index in [0.717, 1.165) is 45.3 Å². The van der Waals surface area contributed by atoms with Gasteiger partial charge in [0.05, 0.1) is 7.11 Å². The van der Waals surface area contributed by atoms with Crippen molar-refractivity contribution in [1.29, 1.82) is 0 Å². The van der Waals surface area contributed by atoms with Crippen LogP contribution in [0.2, 0.25) is 0 Å². The maximum Gasteiger partial charge on any atom is 0.327 e. The van der Waals surface area contributed by atoms with Gasteiger partial charge >= 0.3 is 5.97 Å². The Hall–Kier alpha value is -0.650. The summed E-state index contributed by atoms with van der Waals surface area (Å²) in [6.07, 6.45) is 4.33. The van der Waals surface area contributed by atoms with Gasteiger partial charge in [0.1, 0.15) is 5.54 Å². The maximum absolute atomic E-state index is 12.1. The Labute approximate surface area is 122 Å². The van der Waals surface area contributed by atoms with Gasteiger partial charge in [0, 0.05) is 19.1 Å². The van der Waals surface area contributed by atoms with E-state index in [1.165, 1.54) is 7.11 Å². The minimum Gasteiger partial charge on any atom is -0.468 e. The van der Waals surface area contributed by atoms with Gasteiger partial charge in [-0.15, -0.1) is 0 Å². The third kappa shape index (κ3) is 3.32. The number of esters is 1. The first kappa shape index (κ1) is 15.7. The lowest BCUT2D eigenvalue weighted by Gasteiger charge is -2.37. The second-order valence-corrected chi connectivity index (χ2v) is 6.45. The lowest BCUT2D eigenvalue weighted by atomic mass is 9.92. The fourth-order valence-electron chi connectivity index (χ4n) is 3.37. The van der Waals surface area contributed by atoms with Gasteiger partial charge in [-0.25, -0.2) is 0 Å². The molecule has 0 bridgehead atoms. The summed E-state index contributed by atoms with van der Waals surface area (Å²) in [4.78, 5) is 16.9. The van der Waals surface area contributed by atoms with Crippen LogP contribution in [0.5, 0.6) is 0 Å². The fraction of sp³-hybridized carbons (Fsp3) is 0.933. The van der Waals surface area contributed by atoms with Gasteiger partial charge in [0.25, 0.3) is 0 Å². The first-order valence-corrected chi connectivity index (χ1v) is 7.81. The van der Waals surface area contributed by atoms with Crippen molar-refractivity contribution in [3.8, 4) is 0 Å². The summed E-state index contributed by atoms with van der Waals surface area (Å²) < 4.78 is 4.98. The van der Waals surface area contributed by atoms with Gasteiger partial charge in [-0.1, -0.05) is 6.92 Å². The Morgan fingerprint density at radius 3 is 2.65 bits per heavy atom. The molecule has 20 heavy (non-hydrogen) atoms. The number of likely N-dealkylation sites (N-methyl/N-ethyl adjacent to an activating group) is 1. The third-order valence-corrected chi connectivity index (χ3v) is 4.83. The van der Waals surface area contributed by atoms with Crippen LogP contribution in [0.3, 0.4) is 0 Å². The molecule has 0 spiro atoms. The van der Waals surface area contributed by atoms with Crippen molar-refractivity contribution < 1.29 is 9.53 Å². The number of nitrogens with zero attached hydrogens (tertiary/aromatic N) is 2. The molecule has 1 saturated heterocycles. The fourth-order valence-corrected chi connectivity index (χ4v) is 3.37. The predicted octanol–water partition coefficient (Wildman–Crippen LogP) is 0.683. The smallest absolute Gasteiger partial charge is 0.327 e. The molecule has 0 aromatic rings. The van der Waals surface area contributed by atoms with Crippen LogP contribution in [0.1, 0.15) is 32.6 Å². The van der Waals surface area contributed by atoms with Crippen molar-refractivity contribution in [3.63, 3.8) is 0 Å². The van der Waals surface area contributed by atoms with E-state index >= 15 is 0 Å². The van der Waals surface area contributed by atoms with Crippen LogP contribution < -0.4 is 5.73 Å². The van der Waals surface area contributed by atoms with Crippen LogP contribution in [0.4, 0.5) is 0 Å². The highest BCUT2D eigenvalue weighted by molar-refractivity contribution is 5.81. The van der Waals surface area contributed by atoms with Crippen molar-refractivity contribution in [1.82, 2.24) is 9.80 Å². The highest BCUT2D eigenvalue weighted by Crippen LogP contribution is 2.39. The first-order valence-electron chi connectivity index (χ1n) is 7.81. The number of ether oxygens (including phenoxy) is 1. The van der Waals surface area contributed by atoms with Crippen LogP contribution in [0.15, 0.2) is 0 Å². The second-order valence-electron chi connectivity index (χ2n) is 6.45. The summed E-state index contributed by atoms with van der Waals surface area (Å²) in [5.41, 5.74) is 5.65. The minimum atomic E-state index is -0.814. The summed E-state index contributed by atoms with van der Waals surface area (Å²) in [5.74, 6) is 0.0564. The SMILES string of the molecule is CCC1CN(C)CCCN1CC(N)(C(=O)OC)C1CC1. The zero-order valence-corrected chi connectivity index (χ0v) is 13.1. The molecule has 2 unspecified atom stereocenters. The summed E-state index contributed by atoms with van der Waals surface area (Å²) in [6.45, 7) is 6.04. The number of nitrogens with two attached hydrogens (primary N) is 1. The highest BCUT2D eigenvalue weighted by atomic mass is 16.5. The average Bonchev–Trinajstić information content (AvgIpc) is 3.26. The normalized spacial score (nSPS) is 28.7. The molecule has 2 rings (SSSR count). The van der Waals surface area contributed by atoms with Crippen molar-refractivity contribution in [2.45, 2.75) is 44.2 Å². The number of rotatable bonds is 5. The number of carbonyl (C=O) groups is 1. The quantitative estimate of drug-likeness (QED) is 0.752. The Kier molecular flexibility index (Phi) is 5.04. The molecule has 1 heterocycles. The van der Waals surface area contributed by atoms with Crippen LogP contribution in [0.25, 0.3) is 0 Å². The lowest BCUT2D eigenvalue weighted by molar-refractivity contribution is -0.149. The molecule has 5 heteroatoms. The van der Waals surface area contributed by atoms with Crippen molar-refractivity contribution in [3.05, 3.63) is 0 Å². The largest absolute Gasteiger partial charge is 0.468 e. The molecule has 0 aromatic carbocycles. The molecule has 1 saturated carbocycles. The van der Waals surface area contributed by atoms with Gasteiger partial charge in [-0.2, -0.15) is 0 Å². The topological polar surface area (TPSA) is 58.8 Å². The number of hydrogen-bond donors (Lipinski definition) is 1. The predicted molar refractivity (Wildman–Crippen MR) is 79.4 cm³/mol. The number of methoxy groups -OCH3 is 1. The molecule has 2 atom stereocenters. The Morgan fingerprint density at radius 2 is 2.10 bits per heavy atom. The van der Waals surface area contributed by atoms with E-state index in [-0.39, 0.29) is 5.97 Å². The monoisotopic (exact) mass is 283 g/mol. The number of carbonyl (C=O) groups excluding carboxylic acids is 1. The van der Waals surface area contributed by atoms with Crippen LogP contribution in [0, 0.1) is 5.92 Å². The molecule has 0 amide bonds. The van der Waals surface area contributed by atoms with E-state index in [1.807, 2.05) is 0 Å². The van der Waals surface area contributed by atoms with Crippen LogP contribution in [-0.4, -0.2) is 67.7 Å². The zero-order valence-electron chi connectivity index (χ0n) is 13.1. The Morgan fingerprint density at radius 1 is 1.40 bits per heavy atom. The molecule has 0 aromatic heterocycles. The van der Waals surface area contributed by atoms with E-state index in [0.29, 0.717) is 18.5 Å². The second kappa shape index (κ2) is 6.41. The van der Waals surface area contributed by atoms with E-state index in [9.17, 15) is 4.79 Å². The average molecular weight is 283 g/mol. The molecular weight excluding hydrogens is 254 g/mol. The van der Waals surface area contributed by atoms with Gasteiger partial charge in [-0.3, -0.25) is 9.69 Å². The lowest BCUT2D eigenvalue weighted by Crippen LogP contribution is -2.60. The molecule has 2 aliphatic rings. The molecule has 1 aliphatic carbocycles. The van der Waals surface area contributed by atoms with Crippen molar-refractivity contribution in [2.24, 2.45) is 11.7 Å². The number of hydrogen-bond acceptors (Lipinski definition) is 5. The molecule has 2 N–H and O–H groups in total. The van der Waals surface area contributed by atoms with Crippen LogP contribution in [-0.2, 0) is 9.53 Å². The maximum atomic E-state index is 12.1. The molecule has 0 radical (unpaired) electrons. The van der Waals surface area contributed by atoms with Gasteiger partial charge in [-0.05, 0) is 51.7 Å². The Balaban J connectivity index is 2.09.